The molecule has 17 heavy (non-hydrogen) atoms. The number of carbonyl (C=O) groups excluding carboxylic acids is 1. The summed E-state index contributed by atoms with van der Waals surface area (Å²) >= 11 is 1.83. The third kappa shape index (κ3) is 3.00. The molecule has 1 saturated heterocycles. The lowest BCUT2D eigenvalue weighted by molar-refractivity contribution is -0.131. The molecule has 1 aromatic heterocycles. The number of hydrogen-bond donors (Lipinski definition) is 0. The van der Waals surface area contributed by atoms with Gasteiger partial charge in [-0.25, -0.2) is 0 Å². The Bertz CT molecular complexity index is 369. The smallest absolute Gasteiger partial charge is 0.223 e. The zero-order valence-electron chi connectivity index (χ0n) is 10.1. The molecular weight excluding hydrogens is 232 g/mol. The number of pyridine rings is 1. The molecule has 0 radical (unpaired) electrons. The van der Waals surface area contributed by atoms with Gasteiger partial charge in [-0.05, 0) is 12.5 Å². The second-order valence-electron chi connectivity index (χ2n) is 4.20. The van der Waals surface area contributed by atoms with E-state index < -0.39 is 0 Å². The molecule has 3 nitrogen and oxygen atoms in total. The Balaban J connectivity index is 2.05. The minimum atomic E-state index is 0.174. The van der Waals surface area contributed by atoms with Crippen LogP contribution >= 0.6 is 11.8 Å². The van der Waals surface area contributed by atoms with E-state index >= 15 is 0 Å². The number of thioether (sulfide) groups is 1. The fourth-order valence-corrected chi connectivity index (χ4v) is 3.26. The van der Waals surface area contributed by atoms with Crippen molar-refractivity contribution in [2.24, 2.45) is 0 Å². The van der Waals surface area contributed by atoms with Gasteiger partial charge >= 0.3 is 0 Å². The van der Waals surface area contributed by atoms with Crippen molar-refractivity contribution in [3.8, 4) is 0 Å². The number of hydrogen-bond acceptors (Lipinski definition) is 3. The quantitative estimate of drug-likeness (QED) is 0.824. The summed E-state index contributed by atoms with van der Waals surface area (Å²) in [5, 5.41) is 0.174. The van der Waals surface area contributed by atoms with Crippen LogP contribution in [0.5, 0.6) is 0 Å². The van der Waals surface area contributed by atoms with Gasteiger partial charge in [-0.2, -0.15) is 0 Å². The fourth-order valence-electron chi connectivity index (χ4n) is 2.00. The van der Waals surface area contributed by atoms with Crippen LogP contribution in [-0.2, 0) is 4.79 Å². The molecule has 0 saturated carbocycles. The van der Waals surface area contributed by atoms with Crippen LogP contribution in [0.3, 0.4) is 0 Å². The Hall–Kier alpha value is -1.03. The van der Waals surface area contributed by atoms with Crippen LogP contribution in [-0.4, -0.2) is 28.1 Å². The molecule has 1 aromatic rings. The van der Waals surface area contributed by atoms with Gasteiger partial charge in [0.15, 0.2) is 0 Å². The zero-order valence-corrected chi connectivity index (χ0v) is 10.9. The molecule has 92 valence electrons. The minimum Gasteiger partial charge on any atom is -0.326 e. The molecule has 4 heteroatoms. The van der Waals surface area contributed by atoms with Crippen LogP contribution in [0, 0.1) is 0 Å². The van der Waals surface area contributed by atoms with E-state index in [4.69, 9.17) is 0 Å². The molecule has 1 aliphatic rings. The van der Waals surface area contributed by atoms with E-state index in [0.29, 0.717) is 6.42 Å². The van der Waals surface area contributed by atoms with E-state index in [1.807, 2.05) is 28.9 Å². The Morgan fingerprint density at radius 3 is 3.24 bits per heavy atom. The predicted octanol–water partition coefficient (Wildman–Crippen LogP) is 2.85. The lowest BCUT2D eigenvalue weighted by Gasteiger charge is -2.23. The molecule has 1 atom stereocenters. The van der Waals surface area contributed by atoms with Gasteiger partial charge in [-0.1, -0.05) is 19.4 Å². The highest BCUT2D eigenvalue weighted by Crippen LogP contribution is 2.37. The van der Waals surface area contributed by atoms with Crippen LogP contribution in [0.15, 0.2) is 24.5 Å². The normalized spacial score (nSPS) is 19.6. The summed E-state index contributed by atoms with van der Waals surface area (Å²) in [5.74, 6) is 1.31. The molecule has 1 fully saturated rings. The van der Waals surface area contributed by atoms with E-state index in [-0.39, 0.29) is 11.3 Å². The summed E-state index contributed by atoms with van der Waals surface area (Å²) in [4.78, 5) is 18.2. The van der Waals surface area contributed by atoms with Gasteiger partial charge in [-0.3, -0.25) is 9.78 Å². The van der Waals surface area contributed by atoms with Gasteiger partial charge in [0.2, 0.25) is 5.91 Å². The average molecular weight is 250 g/mol. The first kappa shape index (κ1) is 12.4. The van der Waals surface area contributed by atoms with Crippen molar-refractivity contribution in [1.82, 2.24) is 9.88 Å². The molecule has 2 heterocycles. The SMILES string of the molecule is CCCCC(=O)N1CCSC1c1cccnc1. The molecule has 1 aliphatic heterocycles. The predicted molar refractivity (Wildman–Crippen MR) is 70.7 cm³/mol. The Morgan fingerprint density at radius 2 is 2.53 bits per heavy atom. The largest absolute Gasteiger partial charge is 0.326 e. The van der Waals surface area contributed by atoms with E-state index in [2.05, 4.69) is 18.0 Å². The number of unbranched alkanes of at least 4 members (excludes halogenated alkanes) is 1. The molecule has 0 N–H and O–H groups in total. The number of carbonyl (C=O) groups is 1. The Labute approximate surface area is 107 Å². The van der Waals surface area contributed by atoms with Crippen LogP contribution in [0.4, 0.5) is 0 Å². The van der Waals surface area contributed by atoms with Crippen molar-refractivity contribution in [3.05, 3.63) is 30.1 Å². The lowest BCUT2D eigenvalue weighted by atomic mass is 10.2. The maximum atomic E-state index is 12.1. The van der Waals surface area contributed by atoms with Crippen molar-refractivity contribution in [3.63, 3.8) is 0 Å². The van der Waals surface area contributed by atoms with Crippen molar-refractivity contribution >= 4 is 17.7 Å². The third-order valence-electron chi connectivity index (χ3n) is 2.93. The van der Waals surface area contributed by atoms with Gasteiger partial charge < -0.3 is 4.90 Å². The average Bonchev–Trinajstić information content (AvgIpc) is 2.86. The molecule has 1 amide bonds. The Morgan fingerprint density at radius 1 is 1.65 bits per heavy atom. The maximum Gasteiger partial charge on any atom is 0.223 e. The number of nitrogens with zero attached hydrogens (tertiary/aromatic N) is 2. The minimum absolute atomic E-state index is 0.174. The first-order valence-corrected chi connectivity index (χ1v) is 7.19. The molecule has 0 spiro atoms. The monoisotopic (exact) mass is 250 g/mol. The third-order valence-corrected chi connectivity index (χ3v) is 4.19. The number of amides is 1. The van der Waals surface area contributed by atoms with Gasteiger partial charge in [0.05, 0.1) is 0 Å². The van der Waals surface area contributed by atoms with E-state index in [1.54, 1.807) is 6.20 Å². The highest BCUT2D eigenvalue weighted by Gasteiger charge is 2.29. The van der Waals surface area contributed by atoms with Crippen molar-refractivity contribution < 1.29 is 4.79 Å². The van der Waals surface area contributed by atoms with Crippen LogP contribution in [0.25, 0.3) is 0 Å². The summed E-state index contributed by atoms with van der Waals surface area (Å²) in [5.41, 5.74) is 1.14. The van der Waals surface area contributed by atoms with Crippen molar-refractivity contribution in [2.75, 3.05) is 12.3 Å². The fraction of sp³-hybridized carbons (Fsp3) is 0.538. The second-order valence-corrected chi connectivity index (χ2v) is 5.39. The summed E-state index contributed by atoms with van der Waals surface area (Å²) < 4.78 is 0. The van der Waals surface area contributed by atoms with Gasteiger partial charge in [0.1, 0.15) is 5.37 Å². The summed E-state index contributed by atoms with van der Waals surface area (Å²) in [6.07, 6.45) is 6.37. The van der Waals surface area contributed by atoms with Gasteiger partial charge in [0, 0.05) is 36.7 Å². The van der Waals surface area contributed by atoms with E-state index in [1.165, 1.54) is 0 Å². The van der Waals surface area contributed by atoms with Crippen molar-refractivity contribution in [1.29, 1.82) is 0 Å². The second kappa shape index (κ2) is 6.05. The lowest BCUT2D eigenvalue weighted by Crippen LogP contribution is -2.30. The summed E-state index contributed by atoms with van der Waals surface area (Å²) in [7, 11) is 0. The topological polar surface area (TPSA) is 33.2 Å². The van der Waals surface area contributed by atoms with E-state index in [0.717, 1.165) is 30.7 Å². The molecule has 0 aromatic carbocycles. The van der Waals surface area contributed by atoms with Crippen LogP contribution < -0.4 is 0 Å². The van der Waals surface area contributed by atoms with Gasteiger partial charge in [-0.15, -0.1) is 11.8 Å². The van der Waals surface area contributed by atoms with Crippen LogP contribution in [0.1, 0.15) is 37.1 Å². The molecule has 0 aliphatic carbocycles. The van der Waals surface area contributed by atoms with Crippen molar-refractivity contribution in [2.45, 2.75) is 31.6 Å². The standard InChI is InChI=1S/C13H18N2OS/c1-2-3-6-12(16)15-8-9-17-13(15)11-5-4-7-14-10-11/h4-5,7,10,13H,2-3,6,8-9H2,1H3. The first-order chi connectivity index (χ1) is 8.33. The number of aromatic nitrogens is 1. The molecular formula is C13H18N2OS. The summed E-state index contributed by atoms with van der Waals surface area (Å²) in [6.45, 7) is 2.98. The molecule has 0 bridgehead atoms. The molecule has 1 unspecified atom stereocenters. The maximum absolute atomic E-state index is 12.1. The number of rotatable bonds is 4. The van der Waals surface area contributed by atoms with E-state index in [9.17, 15) is 4.79 Å². The zero-order chi connectivity index (χ0) is 12.1. The van der Waals surface area contributed by atoms with Gasteiger partial charge in [0.25, 0.3) is 0 Å². The summed E-state index contributed by atoms with van der Waals surface area (Å²) in [6, 6.07) is 3.99. The first-order valence-electron chi connectivity index (χ1n) is 6.14. The highest BCUT2D eigenvalue weighted by atomic mass is 32.2. The Kier molecular flexibility index (Phi) is 4.42. The van der Waals surface area contributed by atoms with Crippen LogP contribution in [0.2, 0.25) is 0 Å². The molecule has 2 rings (SSSR count). The highest BCUT2D eigenvalue weighted by molar-refractivity contribution is 7.99.